The molecule has 2 atom stereocenters. The van der Waals surface area contributed by atoms with E-state index in [0.29, 0.717) is 19.4 Å². The molecule has 1 fully saturated rings. The zero-order chi connectivity index (χ0) is 19.9. The maximum absolute atomic E-state index is 13.2. The normalized spacial score (nSPS) is 17.3. The van der Waals surface area contributed by atoms with Crippen molar-refractivity contribution in [2.45, 2.75) is 44.2 Å². The maximum Gasteiger partial charge on any atom is 0.318 e. The van der Waals surface area contributed by atoms with E-state index in [2.05, 4.69) is 5.32 Å². The first-order chi connectivity index (χ1) is 13.5. The Morgan fingerprint density at radius 2 is 1.86 bits per heavy atom. The van der Waals surface area contributed by atoms with Gasteiger partial charge in [0.05, 0.1) is 6.04 Å². The second-order valence-electron chi connectivity index (χ2n) is 7.17. The molecule has 28 heavy (non-hydrogen) atoms. The summed E-state index contributed by atoms with van der Waals surface area (Å²) in [5.41, 5.74) is 1.97. The Hall–Kier alpha value is -2.89. The third-order valence-electron chi connectivity index (χ3n) is 5.13. The number of hydrogen-bond acceptors (Lipinski definition) is 2. The molecule has 2 aromatic carbocycles. The molecule has 1 aliphatic heterocycles. The summed E-state index contributed by atoms with van der Waals surface area (Å²) in [4.78, 5) is 25.7. The molecule has 2 N–H and O–H groups in total. The molecule has 1 saturated heterocycles. The summed E-state index contributed by atoms with van der Waals surface area (Å²) in [5.74, 6) is -1.17. The minimum absolute atomic E-state index is 0.000822. The van der Waals surface area contributed by atoms with Crippen LogP contribution in [0.2, 0.25) is 0 Å². The number of hydrogen-bond donors (Lipinski definition) is 2. The number of amides is 2. The highest BCUT2D eigenvalue weighted by Gasteiger charge is 2.31. The fourth-order valence-corrected chi connectivity index (χ4v) is 3.72. The van der Waals surface area contributed by atoms with Crippen LogP contribution < -0.4 is 5.32 Å². The lowest BCUT2D eigenvalue weighted by atomic mass is 10.0. The average molecular weight is 384 g/mol. The van der Waals surface area contributed by atoms with Crippen LogP contribution in [-0.4, -0.2) is 34.6 Å². The molecule has 2 amide bonds. The molecule has 0 spiro atoms. The van der Waals surface area contributed by atoms with Crippen molar-refractivity contribution in [3.63, 3.8) is 0 Å². The highest BCUT2D eigenvalue weighted by molar-refractivity contribution is 5.75. The largest absolute Gasteiger partial charge is 0.481 e. The van der Waals surface area contributed by atoms with Gasteiger partial charge in [-0.3, -0.25) is 4.79 Å². The highest BCUT2D eigenvalue weighted by Crippen LogP contribution is 2.32. The standard InChI is InChI=1S/C22H25FN2O3/c23-18-10-8-17(9-11-18)20-7-4-14-25(20)22(28)24-19(12-13-21(26)27)15-16-5-2-1-3-6-16/h1-3,5-6,8-11,19-20H,4,7,12-15H2,(H,24,28)(H,26,27). The number of carboxylic acids is 1. The van der Waals surface area contributed by atoms with E-state index in [1.165, 1.54) is 12.1 Å². The van der Waals surface area contributed by atoms with Crippen LogP contribution in [-0.2, 0) is 11.2 Å². The molecule has 0 saturated carbocycles. The number of rotatable bonds is 7. The molecule has 2 unspecified atom stereocenters. The van der Waals surface area contributed by atoms with Gasteiger partial charge < -0.3 is 15.3 Å². The number of aliphatic carboxylic acids is 1. The number of nitrogens with one attached hydrogen (secondary N) is 1. The lowest BCUT2D eigenvalue weighted by Gasteiger charge is -2.28. The molecular weight excluding hydrogens is 359 g/mol. The molecule has 2 aromatic rings. The highest BCUT2D eigenvalue weighted by atomic mass is 19.1. The zero-order valence-electron chi connectivity index (χ0n) is 15.7. The first-order valence-corrected chi connectivity index (χ1v) is 9.61. The van der Waals surface area contributed by atoms with Gasteiger partial charge in [-0.05, 0) is 48.9 Å². The Kier molecular flexibility index (Phi) is 6.63. The minimum Gasteiger partial charge on any atom is -0.481 e. The Bertz CT molecular complexity index is 795. The van der Waals surface area contributed by atoms with Gasteiger partial charge in [0.15, 0.2) is 0 Å². The van der Waals surface area contributed by atoms with Crippen LogP contribution in [0.3, 0.4) is 0 Å². The Labute approximate surface area is 164 Å². The summed E-state index contributed by atoms with van der Waals surface area (Å²) in [6.07, 6.45) is 2.66. The van der Waals surface area contributed by atoms with Crippen molar-refractivity contribution < 1.29 is 19.1 Å². The predicted molar refractivity (Wildman–Crippen MR) is 104 cm³/mol. The van der Waals surface area contributed by atoms with Crippen molar-refractivity contribution in [3.05, 3.63) is 71.5 Å². The molecule has 5 nitrogen and oxygen atoms in total. The van der Waals surface area contributed by atoms with E-state index in [-0.39, 0.29) is 30.4 Å². The average Bonchev–Trinajstić information content (AvgIpc) is 3.17. The summed E-state index contributed by atoms with van der Waals surface area (Å²) in [6.45, 7) is 0.630. The molecule has 3 rings (SSSR count). The van der Waals surface area contributed by atoms with Crippen LogP contribution >= 0.6 is 0 Å². The number of urea groups is 1. The fraction of sp³-hybridized carbons (Fsp3) is 0.364. The third kappa shape index (κ3) is 5.31. The van der Waals surface area contributed by atoms with Gasteiger partial charge in [0, 0.05) is 19.0 Å². The smallest absolute Gasteiger partial charge is 0.318 e. The quantitative estimate of drug-likeness (QED) is 0.753. The van der Waals surface area contributed by atoms with Crippen LogP contribution in [0.1, 0.15) is 42.9 Å². The number of likely N-dealkylation sites (tertiary alicyclic amines) is 1. The molecule has 148 valence electrons. The number of carbonyl (C=O) groups excluding carboxylic acids is 1. The van der Waals surface area contributed by atoms with Gasteiger partial charge in [-0.1, -0.05) is 42.5 Å². The molecule has 0 aliphatic carbocycles. The van der Waals surface area contributed by atoms with Crippen LogP contribution in [0, 0.1) is 5.82 Å². The molecule has 1 heterocycles. The lowest BCUT2D eigenvalue weighted by molar-refractivity contribution is -0.137. The number of carbonyl (C=O) groups is 2. The van der Waals surface area contributed by atoms with Gasteiger partial charge in [0.2, 0.25) is 0 Å². The van der Waals surface area contributed by atoms with E-state index in [0.717, 1.165) is 24.0 Å². The van der Waals surface area contributed by atoms with Crippen molar-refractivity contribution in [2.24, 2.45) is 0 Å². The van der Waals surface area contributed by atoms with E-state index in [4.69, 9.17) is 5.11 Å². The van der Waals surface area contributed by atoms with Crippen molar-refractivity contribution in [3.8, 4) is 0 Å². The Morgan fingerprint density at radius 1 is 1.14 bits per heavy atom. The summed E-state index contributed by atoms with van der Waals surface area (Å²) >= 11 is 0. The summed E-state index contributed by atoms with van der Waals surface area (Å²) in [7, 11) is 0. The van der Waals surface area contributed by atoms with E-state index in [1.807, 2.05) is 30.3 Å². The van der Waals surface area contributed by atoms with Crippen LogP contribution in [0.5, 0.6) is 0 Å². The lowest BCUT2D eigenvalue weighted by Crippen LogP contribution is -2.45. The second-order valence-corrected chi connectivity index (χ2v) is 7.17. The molecule has 0 aromatic heterocycles. The minimum atomic E-state index is -0.877. The summed E-state index contributed by atoms with van der Waals surface area (Å²) in [6, 6.07) is 15.4. The predicted octanol–water partition coefficient (Wildman–Crippen LogP) is 4.15. The summed E-state index contributed by atoms with van der Waals surface area (Å²) < 4.78 is 13.2. The Morgan fingerprint density at radius 3 is 2.54 bits per heavy atom. The number of benzene rings is 2. The number of carboxylic acid groups (broad SMARTS) is 1. The van der Waals surface area contributed by atoms with Crippen molar-refractivity contribution in [2.75, 3.05) is 6.54 Å². The molecule has 0 bridgehead atoms. The van der Waals surface area contributed by atoms with Crippen LogP contribution in [0.4, 0.5) is 9.18 Å². The monoisotopic (exact) mass is 384 g/mol. The molecule has 0 radical (unpaired) electrons. The van der Waals surface area contributed by atoms with Gasteiger partial charge >= 0.3 is 12.0 Å². The van der Waals surface area contributed by atoms with E-state index in [9.17, 15) is 14.0 Å². The van der Waals surface area contributed by atoms with Gasteiger partial charge in [0.1, 0.15) is 5.82 Å². The fourth-order valence-electron chi connectivity index (χ4n) is 3.72. The molecule has 6 heteroatoms. The van der Waals surface area contributed by atoms with Crippen LogP contribution in [0.25, 0.3) is 0 Å². The maximum atomic E-state index is 13.2. The van der Waals surface area contributed by atoms with Crippen LogP contribution in [0.15, 0.2) is 54.6 Å². The van der Waals surface area contributed by atoms with E-state index in [1.54, 1.807) is 17.0 Å². The van der Waals surface area contributed by atoms with Gasteiger partial charge in [-0.25, -0.2) is 9.18 Å². The second kappa shape index (κ2) is 9.35. The zero-order valence-corrected chi connectivity index (χ0v) is 15.7. The molecular formula is C22H25FN2O3. The van der Waals surface area contributed by atoms with Gasteiger partial charge in [-0.15, -0.1) is 0 Å². The third-order valence-corrected chi connectivity index (χ3v) is 5.13. The first kappa shape index (κ1) is 19.9. The van der Waals surface area contributed by atoms with Gasteiger partial charge in [-0.2, -0.15) is 0 Å². The number of nitrogens with zero attached hydrogens (tertiary/aromatic N) is 1. The van der Waals surface area contributed by atoms with Crippen molar-refractivity contribution in [1.29, 1.82) is 0 Å². The SMILES string of the molecule is O=C(O)CCC(Cc1ccccc1)NC(=O)N1CCCC1c1ccc(F)cc1. The number of halogens is 1. The van der Waals surface area contributed by atoms with E-state index >= 15 is 0 Å². The first-order valence-electron chi connectivity index (χ1n) is 9.61. The summed E-state index contributed by atoms with van der Waals surface area (Å²) in [5, 5.41) is 12.1. The van der Waals surface area contributed by atoms with Crippen molar-refractivity contribution >= 4 is 12.0 Å². The topological polar surface area (TPSA) is 69.6 Å². The molecule has 1 aliphatic rings. The van der Waals surface area contributed by atoms with Gasteiger partial charge in [0.25, 0.3) is 0 Å². The Balaban J connectivity index is 1.68. The van der Waals surface area contributed by atoms with Crippen molar-refractivity contribution in [1.82, 2.24) is 10.2 Å². The van der Waals surface area contributed by atoms with E-state index < -0.39 is 5.97 Å².